The maximum Gasteiger partial charge on any atom is 0.320 e. The molecule has 0 spiro atoms. The van der Waals surface area contributed by atoms with Crippen LogP contribution in [0.4, 0.5) is 0 Å². The lowest BCUT2D eigenvalue weighted by Crippen LogP contribution is -2.43. The molecule has 1 aromatic heterocycles. The molecule has 1 heterocycles. The Hall–Kier alpha value is -2.36. The molecular formula is C19H24N2O2. The second kappa shape index (κ2) is 8.32. The molecule has 0 aliphatic rings. The smallest absolute Gasteiger partial charge is 0.320 e. The summed E-state index contributed by atoms with van der Waals surface area (Å²) in [5.74, 6) is -0.204. The van der Waals surface area contributed by atoms with Gasteiger partial charge in [0.2, 0.25) is 0 Å². The number of unbranched alkanes of at least 4 members (excludes halogenated alkanes) is 1. The van der Waals surface area contributed by atoms with Crippen LogP contribution < -0.4 is 4.73 Å². The van der Waals surface area contributed by atoms with Gasteiger partial charge in [0, 0.05) is 18.7 Å². The Morgan fingerprint density at radius 2 is 1.83 bits per heavy atom. The highest BCUT2D eigenvalue weighted by Gasteiger charge is 2.28. The Bertz CT molecular complexity index is 628. The molecule has 122 valence electrons. The van der Waals surface area contributed by atoms with E-state index < -0.39 is 0 Å². The van der Waals surface area contributed by atoms with E-state index in [1.165, 1.54) is 6.20 Å². The average Bonchev–Trinajstić information content (AvgIpc) is 2.59. The van der Waals surface area contributed by atoms with Crippen molar-refractivity contribution >= 4 is 5.91 Å². The van der Waals surface area contributed by atoms with E-state index in [4.69, 9.17) is 0 Å². The Labute approximate surface area is 138 Å². The first kappa shape index (κ1) is 17.0. The third-order valence-electron chi connectivity index (χ3n) is 4.00. The molecule has 0 fully saturated rings. The van der Waals surface area contributed by atoms with Gasteiger partial charge in [-0.15, -0.1) is 0 Å². The van der Waals surface area contributed by atoms with Crippen molar-refractivity contribution in [2.24, 2.45) is 0 Å². The molecular weight excluding hydrogens is 288 g/mol. The first-order chi connectivity index (χ1) is 11.2. The quantitative estimate of drug-likeness (QED) is 0.578. The Morgan fingerprint density at radius 1 is 1.13 bits per heavy atom. The molecule has 4 heteroatoms. The van der Waals surface area contributed by atoms with E-state index in [1.807, 2.05) is 35.2 Å². The zero-order chi connectivity index (χ0) is 16.7. The summed E-state index contributed by atoms with van der Waals surface area (Å²) < 4.78 is 0.652. The number of nitrogens with zero attached hydrogens (tertiary/aromatic N) is 2. The summed E-state index contributed by atoms with van der Waals surface area (Å²) >= 11 is 0. The van der Waals surface area contributed by atoms with E-state index in [0.29, 0.717) is 11.3 Å². The third-order valence-corrected chi connectivity index (χ3v) is 4.00. The monoisotopic (exact) mass is 312 g/mol. The number of hydrogen-bond donors (Lipinski definition) is 0. The lowest BCUT2D eigenvalue weighted by molar-refractivity contribution is -0.608. The number of benzene rings is 1. The minimum atomic E-state index is -0.204. The van der Waals surface area contributed by atoms with E-state index >= 15 is 0 Å². The Morgan fingerprint density at radius 3 is 2.43 bits per heavy atom. The molecule has 2 rings (SSSR count). The maximum absolute atomic E-state index is 13.0. The fourth-order valence-corrected chi connectivity index (χ4v) is 2.78. The zero-order valence-corrected chi connectivity index (χ0v) is 13.8. The Kier molecular flexibility index (Phi) is 6.15. The molecule has 0 saturated heterocycles. The van der Waals surface area contributed by atoms with E-state index in [0.717, 1.165) is 24.8 Å². The van der Waals surface area contributed by atoms with Crippen LogP contribution in [0.25, 0.3) is 0 Å². The predicted octanol–water partition coefficient (Wildman–Crippen LogP) is 3.71. The molecule has 1 amide bonds. The van der Waals surface area contributed by atoms with Gasteiger partial charge in [-0.1, -0.05) is 50.6 Å². The van der Waals surface area contributed by atoms with Crippen LogP contribution in [-0.2, 0) is 0 Å². The second-order valence-corrected chi connectivity index (χ2v) is 5.60. The molecule has 0 unspecified atom stereocenters. The number of pyridine rings is 1. The SMILES string of the molecule is CCCCN(C(=O)c1cccc[n+]1[O-])[C@@H](CC)c1ccccc1. The lowest BCUT2D eigenvalue weighted by atomic mass is 10.0. The maximum atomic E-state index is 13.0. The highest BCUT2D eigenvalue weighted by Crippen LogP contribution is 2.25. The molecule has 0 aliphatic carbocycles. The molecule has 0 saturated carbocycles. The van der Waals surface area contributed by atoms with Crippen molar-refractivity contribution < 1.29 is 9.52 Å². The van der Waals surface area contributed by atoms with Crippen LogP contribution in [0.1, 0.15) is 55.2 Å². The van der Waals surface area contributed by atoms with Crippen LogP contribution in [0, 0.1) is 5.21 Å². The summed E-state index contributed by atoms with van der Waals surface area (Å²) in [6, 6.07) is 14.9. The second-order valence-electron chi connectivity index (χ2n) is 5.60. The zero-order valence-electron chi connectivity index (χ0n) is 13.8. The number of aromatic nitrogens is 1. The van der Waals surface area contributed by atoms with Crippen LogP contribution in [0.15, 0.2) is 54.7 Å². The minimum absolute atomic E-state index is 0.0181. The van der Waals surface area contributed by atoms with Crippen molar-refractivity contribution in [3.63, 3.8) is 0 Å². The fourth-order valence-electron chi connectivity index (χ4n) is 2.78. The molecule has 0 N–H and O–H groups in total. The summed E-state index contributed by atoms with van der Waals surface area (Å²) in [5, 5.41) is 12.0. The lowest BCUT2D eigenvalue weighted by Gasteiger charge is -2.31. The van der Waals surface area contributed by atoms with Crippen molar-refractivity contribution in [1.29, 1.82) is 0 Å². The minimum Gasteiger partial charge on any atom is -0.618 e. The molecule has 4 nitrogen and oxygen atoms in total. The molecule has 23 heavy (non-hydrogen) atoms. The van der Waals surface area contributed by atoms with Crippen LogP contribution in [0.3, 0.4) is 0 Å². The molecule has 0 radical (unpaired) electrons. The van der Waals surface area contributed by atoms with Crippen molar-refractivity contribution in [3.05, 3.63) is 71.2 Å². The molecule has 1 aromatic carbocycles. The van der Waals surface area contributed by atoms with Crippen molar-refractivity contribution in [2.45, 2.75) is 39.2 Å². The summed E-state index contributed by atoms with van der Waals surface area (Å²) in [7, 11) is 0. The van der Waals surface area contributed by atoms with Crippen LogP contribution >= 0.6 is 0 Å². The fraction of sp³-hybridized carbons (Fsp3) is 0.368. The van der Waals surface area contributed by atoms with E-state index in [2.05, 4.69) is 13.8 Å². The van der Waals surface area contributed by atoms with Gasteiger partial charge in [-0.25, -0.2) is 0 Å². The van der Waals surface area contributed by atoms with E-state index in [1.54, 1.807) is 18.2 Å². The number of carbonyl (C=O) groups is 1. The number of amides is 1. The van der Waals surface area contributed by atoms with Gasteiger partial charge in [0.1, 0.15) is 0 Å². The largest absolute Gasteiger partial charge is 0.618 e. The number of carbonyl (C=O) groups excluding carboxylic acids is 1. The van der Waals surface area contributed by atoms with Gasteiger partial charge in [0.15, 0.2) is 6.20 Å². The van der Waals surface area contributed by atoms with Gasteiger partial charge in [-0.3, -0.25) is 4.79 Å². The predicted molar refractivity (Wildman–Crippen MR) is 90.8 cm³/mol. The first-order valence-corrected chi connectivity index (χ1v) is 8.23. The van der Waals surface area contributed by atoms with Gasteiger partial charge in [0.05, 0.1) is 6.04 Å². The average molecular weight is 312 g/mol. The first-order valence-electron chi connectivity index (χ1n) is 8.23. The topological polar surface area (TPSA) is 47.2 Å². The summed E-state index contributed by atoms with van der Waals surface area (Å²) in [5.41, 5.74) is 1.28. The summed E-state index contributed by atoms with van der Waals surface area (Å²) in [4.78, 5) is 14.8. The van der Waals surface area contributed by atoms with Gasteiger partial charge in [0.25, 0.3) is 5.69 Å². The number of rotatable bonds is 7. The molecule has 1 atom stereocenters. The molecule has 2 aromatic rings. The standard InChI is InChI=1S/C19H24N2O2/c1-3-5-14-20(17(4-2)16-11-7-6-8-12-16)19(22)18-13-9-10-15-21(18)23/h6-13,15,17H,3-5,14H2,1-2H3/t17-/m0/s1. The van der Waals surface area contributed by atoms with Crippen molar-refractivity contribution in [2.75, 3.05) is 6.54 Å². The highest BCUT2D eigenvalue weighted by atomic mass is 16.5. The summed E-state index contributed by atoms with van der Waals surface area (Å²) in [6.45, 7) is 4.82. The van der Waals surface area contributed by atoms with Crippen LogP contribution in [-0.4, -0.2) is 17.4 Å². The van der Waals surface area contributed by atoms with Gasteiger partial charge >= 0.3 is 5.91 Å². The van der Waals surface area contributed by atoms with Gasteiger partial charge in [-0.2, -0.15) is 4.73 Å². The molecule has 0 bridgehead atoms. The van der Waals surface area contributed by atoms with Gasteiger partial charge < -0.3 is 10.1 Å². The number of hydrogen-bond acceptors (Lipinski definition) is 2. The Balaban J connectivity index is 2.35. The highest BCUT2D eigenvalue weighted by molar-refractivity contribution is 5.91. The van der Waals surface area contributed by atoms with Crippen LogP contribution in [0.5, 0.6) is 0 Å². The summed E-state index contributed by atoms with van der Waals surface area (Å²) in [6.07, 6.45) is 4.10. The van der Waals surface area contributed by atoms with Crippen LogP contribution in [0.2, 0.25) is 0 Å². The normalized spacial score (nSPS) is 11.9. The van der Waals surface area contributed by atoms with E-state index in [-0.39, 0.29) is 17.6 Å². The van der Waals surface area contributed by atoms with E-state index in [9.17, 15) is 10.0 Å². The van der Waals surface area contributed by atoms with Crippen molar-refractivity contribution in [3.8, 4) is 0 Å². The third kappa shape index (κ3) is 4.09. The van der Waals surface area contributed by atoms with Crippen molar-refractivity contribution in [1.82, 2.24) is 4.90 Å². The van der Waals surface area contributed by atoms with Gasteiger partial charge in [-0.05, 0) is 24.5 Å². The molecule has 0 aliphatic heterocycles.